The minimum absolute atomic E-state index is 0.0191. The molecule has 1 saturated carbocycles. The molecule has 1 N–H and O–H groups in total. The molecule has 0 radical (unpaired) electrons. The molecule has 11 heteroatoms. The minimum atomic E-state index is -3.68. The fourth-order valence-electron chi connectivity index (χ4n) is 3.28. The predicted octanol–water partition coefficient (Wildman–Crippen LogP) is 4.70. The number of rotatable bonds is 7. The number of nitriles is 1. The minimum Gasteiger partial charge on any atom is -0.435 e. The summed E-state index contributed by atoms with van der Waals surface area (Å²) in [5.41, 5.74) is 1.72. The molecule has 3 aromatic rings. The first-order valence-electron chi connectivity index (χ1n) is 9.96. The van der Waals surface area contributed by atoms with Gasteiger partial charge in [-0.25, -0.2) is 22.2 Å². The summed E-state index contributed by atoms with van der Waals surface area (Å²) in [6.07, 6.45) is 2.74. The molecule has 0 bridgehead atoms. The Kier molecular flexibility index (Phi) is 5.95. The molecule has 33 heavy (non-hydrogen) atoms. The Morgan fingerprint density at radius 1 is 1.21 bits per heavy atom. The average Bonchev–Trinajstić information content (AvgIpc) is 3.60. The maximum Gasteiger partial charge on any atom is 0.265 e. The van der Waals surface area contributed by atoms with Crippen molar-refractivity contribution in [2.45, 2.75) is 32.1 Å². The van der Waals surface area contributed by atoms with Gasteiger partial charge in [-0.15, -0.1) is 0 Å². The number of pyridine rings is 3. The van der Waals surface area contributed by atoms with Crippen LogP contribution in [0.4, 0.5) is 14.5 Å². The maximum absolute atomic E-state index is 13.7. The van der Waals surface area contributed by atoms with Crippen LogP contribution in [0.25, 0.3) is 11.3 Å². The number of hydrogen-bond acceptors (Lipinski definition) is 7. The molecule has 1 fully saturated rings. The van der Waals surface area contributed by atoms with E-state index >= 15 is 0 Å². The van der Waals surface area contributed by atoms with Gasteiger partial charge in [-0.05, 0) is 44.0 Å². The van der Waals surface area contributed by atoms with E-state index in [2.05, 4.69) is 19.7 Å². The molecule has 0 spiro atoms. The second-order valence-corrected chi connectivity index (χ2v) is 9.47. The molecule has 0 atom stereocenters. The van der Waals surface area contributed by atoms with E-state index in [1.807, 2.05) is 6.07 Å². The Hall–Kier alpha value is -3.65. The zero-order chi connectivity index (χ0) is 23.8. The van der Waals surface area contributed by atoms with Crippen LogP contribution in [-0.2, 0) is 10.0 Å². The number of aromatic nitrogens is 3. The second kappa shape index (κ2) is 8.71. The van der Waals surface area contributed by atoms with Gasteiger partial charge in [0.1, 0.15) is 11.8 Å². The van der Waals surface area contributed by atoms with Gasteiger partial charge in [0.15, 0.2) is 5.75 Å². The van der Waals surface area contributed by atoms with Crippen molar-refractivity contribution in [2.75, 3.05) is 11.0 Å². The zero-order valence-electron chi connectivity index (χ0n) is 17.7. The lowest BCUT2D eigenvalue weighted by atomic mass is 10.1. The fourth-order valence-corrected chi connectivity index (χ4v) is 3.84. The number of alkyl halides is 2. The molecule has 0 aliphatic heterocycles. The number of aryl methyl sites for hydroxylation is 1. The van der Waals surface area contributed by atoms with Crippen molar-refractivity contribution in [3.8, 4) is 29.0 Å². The summed E-state index contributed by atoms with van der Waals surface area (Å²) < 4.78 is 59.2. The molecule has 0 aromatic carbocycles. The van der Waals surface area contributed by atoms with Gasteiger partial charge in [0.05, 0.1) is 28.9 Å². The van der Waals surface area contributed by atoms with Crippen molar-refractivity contribution in [3.05, 3.63) is 59.2 Å². The normalized spacial score (nSPS) is 13.6. The molecular formula is C22H19F2N5O3S. The molecule has 0 unspecified atom stereocenters. The molecular weight excluding hydrogens is 452 g/mol. The molecule has 4 rings (SSSR count). The molecule has 1 aliphatic rings. The van der Waals surface area contributed by atoms with E-state index in [-0.39, 0.29) is 28.8 Å². The zero-order valence-corrected chi connectivity index (χ0v) is 18.5. The number of sulfonamides is 1. The summed E-state index contributed by atoms with van der Waals surface area (Å²) in [6.45, 7) is 1.63. The van der Waals surface area contributed by atoms with Crippen molar-refractivity contribution >= 4 is 15.7 Å². The molecule has 8 nitrogen and oxygen atoms in total. The van der Waals surface area contributed by atoms with E-state index in [9.17, 15) is 17.2 Å². The second-order valence-electron chi connectivity index (χ2n) is 7.72. The topological polar surface area (TPSA) is 118 Å². The first kappa shape index (κ1) is 22.5. The summed E-state index contributed by atoms with van der Waals surface area (Å²) in [5, 5.41) is 9.12. The first-order valence-corrected chi connectivity index (χ1v) is 11.9. The summed E-state index contributed by atoms with van der Waals surface area (Å²) in [7, 11) is -3.68. The highest BCUT2D eigenvalue weighted by atomic mass is 32.2. The van der Waals surface area contributed by atoms with Crippen LogP contribution in [0, 0.1) is 18.3 Å². The van der Waals surface area contributed by atoms with Crippen molar-refractivity contribution in [3.63, 3.8) is 0 Å². The third-order valence-electron chi connectivity index (χ3n) is 4.95. The van der Waals surface area contributed by atoms with Crippen LogP contribution in [0.5, 0.6) is 11.6 Å². The summed E-state index contributed by atoms with van der Waals surface area (Å²) in [5.74, 6) is -0.0880. The fraction of sp³-hybridized carbons (Fsp3) is 0.273. The van der Waals surface area contributed by atoms with E-state index < -0.39 is 16.4 Å². The Balaban J connectivity index is 1.79. The summed E-state index contributed by atoms with van der Waals surface area (Å²) >= 11 is 0. The monoisotopic (exact) mass is 471 g/mol. The van der Waals surface area contributed by atoms with Gasteiger partial charge in [0, 0.05) is 29.4 Å². The van der Waals surface area contributed by atoms with Crippen LogP contribution in [0.2, 0.25) is 0 Å². The highest BCUT2D eigenvalue weighted by molar-refractivity contribution is 7.92. The lowest BCUT2D eigenvalue weighted by Crippen LogP contribution is -2.11. The lowest BCUT2D eigenvalue weighted by Gasteiger charge is -2.16. The molecule has 0 amide bonds. The van der Waals surface area contributed by atoms with Gasteiger partial charge in [0.25, 0.3) is 6.43 Å². The van der Waals surface area contributed by atoms with Gasteiger partial charge < -0.3 is 4.74 Å². The third kappa shape index (κ3) is 5.23. The smallest absolute Gasteiger partial charge is 0.265 e. The molecule has 1 aliphatic carbocycles. The van der Waals surface area contributed by atoms with Crippen LogP contribution in [0.1, 0.15) is 47.7 Å². The van der Waals surface area contributed by atoms with Gasteiger partial charge in [-0.3, -0.25) is 14.7 Å². The van der Waals surface area contributed by atoms with E-state index in [0.717, 1.165) is 19.1 Å². The molecule has 3 aromatic heterocycles. The number of nitrogens with one attached hydrogen (secondary N) is 1. The van der Waals surface area contributed by atoms with Crippen molar-refractivity contribution in [1.82, 2.24) is 15.0 Å². The van der Waals surface area contributed by atoms with Gasteiger partial charge in [-0.2, -0.15) is 5.26 Å². The Morgan fingerprint density at radius 2 is 1.97 bits per heavy atom. The predicted molar refractivity (Wildman–Crippen MR) is 117 cm³/mol. The van der Waals surface area contributed by atoms with Crippen molar-refractivity contribution < 1.29 is 21.9 Å². The molecule has 170 valence electrons. The van der Waals surface area contributed by atoms with Gasteiger partial charge in [0.2, 0.25) is 15.9 Å². The highest BCUT2D eigenvalue weighted by Crippen LogP contribution is 2.44. The largest absolute Gasteiger partial charge is 0.435 e. The van der Waals surface area contributed by atoms with Crippen LogP contribution in [-0.4, -0.2) is 29.6 Å². The number of hydrogen-bond donors (Lipinski definition) is 1. The molecule has 3 heterocycles. The Morgan fingerprint density at radius 3 is 2.61 bits per heavy atom. The van der Waals surface area contributed by atoms with Crippen LogP contribution in [0.3, 0.4) is 0 Å². The SMILES string of the molecule is Cc1nc(C2CC2)c(C(F)F)cc1Oc1nc(-c2cncc(C#N)c2)ccc1NS(C)(=O)=O. The van der Waals surface area contributed by atoms with Gasteiger partial charge >= 0.3 is 0 Å². The lowest BCUT2D eigenvalue weighted by molar-refractivity contribution is 0.149. The van der Waals surface area contributed by atoms with E-state index in [0.29, 0.717) is 28.2 Å². The Bertz CT molecular complexity index is 1370. The van der Waals surface area contributed by atoms with Crippen LogP contribution in [0.15, 0.2) is 36.7 Å². The van der Waals surface area contributed by atoms with E-state index in [1.54, 1.807) is 13.0 Å². The maximum atomic E-state index is 13.7. The molecule has 0 saturated heterocycles. The number of halogens is 2. The highest BCUT2D eigenvalue weighted by Gasteiger charge is 2.31. The number of nitrogens with zero attached hydrogens (tertiary/aromatic N) is 4. The quantitative estimate of drug-likeness (QED) is 0.531. The summed E-state index contributed by atoms with van der Waals surface area (Å²) in [6, 6.07) is 7.75. The number of anilines is 1. The first-order chi connectivity index (χ1) is 15.6. The van der Waals surface area contributed by atoms with Crippen molar-refractivity contribution in [2.24, 2.45) is 0 Å². The van der Waals surface area contributed by atoms with Crippen LogP contribution < -0.4 is 9.46 Å². The van der Waals surface area contributed by atoms with E-state index in [4.69, 9.17) is 10.00 Å². The Labute approximate surface area is 189 Å². The number of ether oxygens (including phenoxy) is 1. The van der Waals surface area contributed by atoms with E-state index in [1.165, 1.54) is 30.6 Å². The van der Waals surface area contributed by atoms with Crippen LogP contribution >= 0.6 is 0 Å². The standard InChI is InChI=1S/C22H19F2N5O3S/c1-12-19(8-16(21(23)24)20(27-12)14-3-4-14)32-22-18(29-33(2,30)31)6-5-17(28-22)15-7-13(9-25)10-26-11-15/h5-8,10-11,14,21,29H,3-4H2,1-2H3. The average molecular weight is 471 g/mol. The third-order valence-corrected chi connectivity index (χ3v) is 5.54. The van der Waals surface area contributed by atoms with Gasteiger partial charge in [-0.1, -0.05) is 0 Å². The van der Waals surface area contributed by atoms with Crippen molar-refractivity contribution in [1.29, 1.82) is 5.26 Å². The summed E-state index contributed by atoms with van der Waals surface area (Å²) in [4.78, 5) is 12.7.